The monoisotopic (exact) mass is 124 g/mol. The Morgan fingerprint density at radius 3 is 2.78 bits per heavy atom. The van der Waals surface area contributed by atoms with Gasteiger partial charge in [-0.05, 0) is 6.07 Å². The van der Waals surface area contributed by atoms with Crippen molar-refractivity contribution in [2.75, 3.05) is 5.73 Å². The Kier molecular flexibility index (Phi) is 1.26. The number of nitrogens with two attached hydrogens (primary N) is 1. The minimum atomic E-state index is -0.0741. The van der Waals surface area contributed by atoms with Gasteiger partial charge < -0.3 is 10.3 Å². The van der Waals surface area contributed by atoms with Crippen molar-refractivity contribution in [1.82, 2.24) is 4.57 Å². The van der Waals surface area contributed by atoms with E-state index in [0.717, 1.165) is 0 Å². The molecular weight excluding hydrogens is 116 g/mol. The average Bonchev–Trinajstić information content (AvgIpc) is 1.80. The van der Waals surface area contributed by atoms with Crippen LogP contribution in [0.3, 0.4) is 0 Å². The normalized spacial score (nSPS) is 9.44. The molecule has 1 aromatic rings. The van der Waals surface area contributed by atoms with Gasteiger partial charge in [-0.2, -0.15) is 0 Å². The van der Waals surface area contributed by atoms with Gasteiger partial charge in [0.25, 0.3) is 5.56 Å². The van der Waals surface area contributed by atoms with Crippen LogP contribution in [-0.2, 0) is 7.05 Å². The van der Waals surface area contributed by atoms with E-state index in [1.165, 1.54) is 10.6 Å². The number of pyridine rings is 1. The Morgan fingerprint density at radius 1 is 1.67 bits per heavy atom. The van der Waals surface area contributed by atoms with Gasteiger partial charge in [-0.15, -0.1) is 0 Å². The summed E-state index contributed by atoms with van der Waals surface area (Å²) in [5.74, 6) is 0. The SMILES string of the molecule is Cn1ccc(N)cc1=O. The number of nitrogens with zero attached hydrogens (tertiary/aromatic N) is 1. The molecule has 0 spiro atoms. The minimum absolute atomic E-state index is 0.0741. The van der Waals surface area contributed by atoms with Crippen molar-refractivity contribution >= 4 is 5.69 Å². The molecular formula is C6H8N2O. The van der Waals surface area contributed by atoms with Gasteiger partial charge in [0, 0.05) is 25.0 Å². The third kappa shape index (κ3) is 1.10. The maximum atomic E-state index is 10.7. The van der Waals surface area contributed by atoms with Gasteiger partial charge in [0.1, 0.15) is 0 Å². The van der Waals surface area contributed by atoms with Crippen LogP contribution in [0, 0.1) is 0 Å². The zero-order chi connectivity index (χ0) is 6.85. The molecule has 0 aliphatic rings. The standard InChI is InChI=1S/C6H8N2O/c1-8-3-2-5(7)4-6(8)9/h2-4H,7H2,1H3. The van der Waals surface area contributed by atoms with Crippen LogP contribution in [0.15, 0.2) is 23.1 Å². The van der Waals surface area contributed by atoms with E-state index >= 15 is 0 Å². The lowest BCUT2D eigenvalue weighted by Gasteiger charge is -1.94. The van der Waals surface area contributed by atoms with Crippen molar-refractivity contribution in [3.63, 3.8) is 0 Å². The minimum Gasteiger partial charge on any atom is -0.399 e. The van der Waals surface area contributed by atoms with E-state index in [0.29, 0.717) is 5.69 Å². The first-order valence-corrected chi connectivity index (χ1v) is 2.62. The lowest BCUT2D eigenvalue weighted by Crippen LogP contribution is -2.14. The van der Waals surface area contributed by atoms with Crippen molar-refractivity contribution < 1.29 is 0 Å². The molecule has 0 aliphatic carbocycles. The Morgan fingerprint density at radius 2 is 2.33 bits per heavy atom. The second-order valence-corrected chi connectivity index (χ2v) is 1.91. The summed E-state index contributed by atoms with van der Waals surface area (Å²) in [5, 5.41) is 0. The molecule has 0 aliphatic heterocycles. The van der Waals surface area contributed by atoms with Crippen LogP contribution in [0.2, 0.25) is 0 Å². The molecule has 2 N–H and O–H groups in total. The number of aromatic nitrogens is 1. The molecule has 0 radical (unpaired) electrons. The summed E-state index contributed by atoms with van der Waals surface area (Å²) in [6.45, 7) is 0. The highest BCUT2D eigenvalue weighted by atomic mass is 16.1. The Hall–Kier alpha value is -1.25. The van der Waals surface area contributed by atoms with Crippen molar-refractivity contribution in [3.05, 3.63) is 28.7 Å². The number of hydrogen-bond acceptors (Lipinski definition) is 2. The van der Waals surface area contributed by atoms with E-state index < -0.39 is 0 Å². The summed E-state index contributed by atoms with van der Waals surface area (Å²) in [6, 6.07) is 3.07. The van der Waals surface area contributed by atoms with Crippen LogP contribution in [0.25, 0.3) is 0 Å². The highest BCUT2D eigenvalue weighted by Crippen LogP contribution is 1.91. The molecule has 0 amide bonds. The molecule has 1 heterocycles. The molecule has 0 atom stereocenters. The van der Waals surface area contributed by atoms with Crippen molar-refractivity contribution in [2.24, 2.45) is 7.05 Å². The van der Waals surface area contributed by atoms with Crippen LogP contribution in [0.4, 0.5) is 5.69 Å². The molecule has 3 nitrogen and oxygen atoms in total. The van der Waals surface area contributed by atoms with E-state index in [-0.39, 0.29) is 5.56 Å². The quantitative estimate of drug-likeness (QED) is 0.528. The maximum absolute atomic E-state index is 10.7. The molecule has 48 valence electrons. The van der Waals surface area contributed by atoms with E-state index in [2.05, 4.69) is 0 Å². The molecule has 9 heavy (non-hydrogen) atoms. The third-order valence-corrected chi connectivity index (χ3v) is 1.13. The summed E-state index contributed by atoms with van der Waals surface area (Å²) < 4.78 is 1.47. The fourth-order valence-electron chi connectivity index (χ4n) is 0.564. The summed E-state index contributed by atoms with van der Waals surface area (Å²) in [7, 11) is 1.68. The fourth-order valence-corrected chi connectivity index (χ4v) is 0.564. The molecule has 1 rings (SSSR count). The van der Waals surface area contributed by atoms with E-state index in [1.807, 2.05) is 0 Å². The summed E-state index contributed by atoms with van der Waals surface area (Å²) in [5.41, 5.74) is 5.75. The molecule has 0 saturated carbocycles. The van der Waals surface area contributed by atoms with Crippen molar-refractivity contribution in [3.8, 4) is 0 Å². The lowest BCUT2D eigenvalue weighted by atomic mass is 10.4. The van der Waals surface area contributed by atoms with Gasteiger partial charge in [0.2, 0.25) is 0 Å². The summed E-state index contributed by atoms with van der Waals surface area (Å²) >= 11 is 0. The van der Waals surface area contributed by atoms with Crippen LogP contribution in [0.5, 0.6) is 0 Å². The van der Waals surface area contributed by atoms with Gasteiger partial charge in [-0.1, -0.05) is 0 Å². The maximum Gasteiger partial charge on any atom is 0.252 e. The number of aryl methyl sites for hydroxylation is 1. The zero-order valence-corrected chi connectivity index (χ0v) is 5.16. The Bertz CT molecular complexity index is 264. The highest BCUT2D eigenvalue weighted by molar-refractivity contribution is 5.34. The predicted octanol–water partition coefficient (Wildman–Crippen LogP) is -0.0325. The van der Waals surface area contributed by atoms with Crippen LogP contribution in [0.1, 0.15) is 0 Å². The summed E-state index contributed by atoms with van der Waals surface area (Å²) in [6.07, 6.45) is 1.64. The molecule has 0 bridgehead atoms. The van der Waals surface area contributed by atoms with Gasteiger partial charge in [0.05, 0.1) is 0 Å². The first kappa shape index (κ1) is 5.88. The molecule has 0 unspecified atom stereocenters. The third-order valence-electron chi connectivity index (χ3n) is 1.13. The van der Waals surface area contributed by atoms with E-state index in [4.69, 9.17) is 5.73 Å². The topological polar surface area (TPSA) is 48.0 Å². The largest absolute Gasteiger partial charge is 0.399 e. The first-order chi connectivity index (χ1) is 4.20. The number of anilines is 1. The molecule has 0 saturated heterocycles. The molecule has 0 aromatic carbocycles. The summed E-state index contributed by atoms with van der Waals surface area (Å²) in [4.78, 5) is 10.7. The van der Waals surface area contributed by atoms with E-state index in [9.17, 15) is 4.79 Å². The number of nitrogen functional groups attached to an aromatic ring is 1. The Balaban J connectivity index is 3.34. The van der Waals surface area contributed by atoms with Crippen molar-refractivity contribution in [1.29, 1.82) is 0 Å². The van der Waals surface area contributed by atoms with Crippen LogP contribution in [-0.4, -0.2) is 4.57 Å². The smallest absolute Gasteiger partial charge is 0.252 e. The zero-order valence-electron chi connectivity index (χ0n) is 5.16. The fraction of sp³-hybridized carbons (Fsp3) is 0.167. The number of hydrogen-bond donors (Lipinski definition) is 1. The first-order valence-electron chi connectivity index (χ1n) is 2.62. The van der Waals surface area contributed by atoms with Crippen molar-refractivity contribution in [2.45, 2.75) is 0 Å². The lowest BCUT2D eigenvalue weighted by molar-refractivity contribution is 0.862. The molecule has 1 aromatic heterocycles. The van der Waals surface area contributed by atoms with Gasteiger partial charge >= 0.3 is 0 Å². The van der Waals surface area contributed by atoms with E-state index in [1.54, 1.807) is 19.3 Å². The molecule has 3 heteroatoms. The number of rotatable bonds is 0. The van der Waals surface area contributed by atoms with Crippen LogP contribution >= 0.6 is 0 Å². The van der Waals surface area contributed by atoms with Gasteiger partial charge in [0.15, 0.2) is 0 Å². The Labute approximate surface area is 52.7 Å². The van der Waals surface area contributed by atoms with Crippen LogP contribution < -0.4 is 11.3 Å². The van der Waals surface area contributed by atoms with Gasteiger partial charge in [-0.3, -0.25) is 4.79 Å². The molecule has 0 fully saturated rings. The average molecular weight is 124 g/mol. The highest BCUT2D eigenvalue weighted by Gasteiger charge is 1.86. The predicted molar refractivity (Wildman–Crippen MR) is 36.1 cm³/mol. The second-order valence-electron chi connectivity index (χ2n) is 1.91. The van der Waals surface area contributed by atoms with Gasteiger partial charge in [-0.25, -0.2) is 0 Å². The second kappa shape index (κ2) is 1.93.